The van der Waals surface area contributed by atoms with Crippen LogP contribution in [0.4, 0.5) is 0 Å². The minimum Gasteiger partial charge on any atom is -0.461 e. The maximum atomic E-state index is 12.0. The van der Waals surface area contributed by atoms with E-state index in [-0.39, 0.29) is 18.0 Å². The van der Waals surface area contributed by atoms with Gasteiger partial charge < -0.3 is 10.5 Å². The molecule has 1 aliphatic carbocycles. The standard InChI is InChI=1S/C12H23NO2/c1-4-10(3)15-11(14)12(13)8-6-5-7-9(12)2/h9-10H,4-8,13H2,1-3H3. The SMILES string of the molecule is CCC(C)OC(=O)C1(N)CCCCC1C. The number of nitrogens with two attached hydrogens (primary N) is 1. The molecule has 0 spiro atoms. The van der Waals surface area contributed by atoms with E-state index in [1.165, 1.54) is 6.42 Å². The highest BCUT2D eigenvalue weighted by Gasteiger charge is 2.42. The van der Waals surface area contributed by atoms with Gasteiger partial charge in [0.2, 0.25) is 0 Å². The third-order valence-electron chi connectivity index (χ3n) is 3.62. The quantitative estimate of drug-likeness (QED) is 0.731. The summed E-state index contributed by atoms with van der Waals surface area (Å²) < 4.78 is 5.35. The fourth-order valence-corrected chi connectivity index (χ4v) is 2.05. The molecule has 0 aromatic heterocycles. The van der Waals surface area contributed by atoms with Crippen LogP contribution in [0.3, 0.4) is 0 Å². The normalized spacial score (nSPS) is 33.5. The molecule has 15 heavy (non-hydrogen) atoms. The Kier molecular flexibility index (Phi) is 4.14. The first-order valence-corrected chi connectivity index (χ1v) is 6.00. The molecular formula is C12H23NO2. The second kappa shape index (κ2) is 4.97. The van der Waals surface area contributed by atoms with Gasteiger partial charge in [-0.15, -0.1) is 0 Å². The Morgan fingerprint density at radius 1 is 1.60 bits per heavy atom. The van der Waals surface area contributed by atoms with Crippen LogP contribution >= 0.6 is 0 Å². The Morgan fingerprint density at radius 3 is 2.80 bits per heavy atom. The smallest absolute Gasteiger partial charge is 0.326 e. The number of esters is 1. The Hall–Kier alpha value is -0.570. The molecule has 0 bridgehead atoms. The van der Waals surface area contributed by atoms with Crippen LogP contribution in [-0.2, 0) is 9.53 Å². The summed E-state index contributed by atoms with van der Waals surface area (Å²) in [5, 5.41) is 0. The maximum absolute atomic E-state index is 12.0. The molecule has 1 fully saturated rings. The lowest BCUT2D eigenvalue weighted by molar-refractivity contribution is -0.158. The first-order valence-electron chi connectivity index (χ1n) is 6.00. The molecule has 0 aromatic rings. The van der Waals surface area contributed by atoms with Crippen molar-refractivity contribution in [3.05, 3.63) is 0 Å². The van der Waals surface area contributed by atoms with Crippen LogP contribution in [0.5, 0.6) is 0 Å². The lowest BCUT2D eigenvalue weighted by atomic mass is 9.74. The molecule has 0 aromatic carbocycles. The molecule has 0 aliphatic heterocycles. The zero-order chi connectivity index (χ0) is 11.5. The van der Waals surface area contributed by atoms with Gasteiger partial charge in [0.25, 0.3) is 0 Å². The average molecular weight is 213 g/mol. The maximum Gasteiger partial charge on any atom is 0.326 e. The highest BCUT2D eigenvalue weighted by atomic mass is 16.5. The van der Waals surface area contributed by atoms with E-state index >= 15 is 0 Å². The van der Waals surface area contributed by atoms with Crippen LogP contribution in [0.2, 0.25) is 0 Å². The minimum absolute atomic E-state index is 0.0212. The molecule has 1 aliphatic rings. The van der Waals surface area contributed by atoms with E-state index in [4.69, 9.17) is 10.5 Å². The number of hydrogen-bond donors (Lipinski definition) is 1. The summed E-state index contributed by atoms with van der Waals surface area (Å²) in [6.07, 6.45) is 4.84. The second-order valence-corrected chi connectivity index (χ2v) is 4.81. The van der Waals surface area contributed by atoms with Crippen molar-refractivity contribution in [2.24, 2.45) is 11.7 Å². The van der Waals surface area contributed by atoms with E-state index in [9.17, 15) is 4.79 Å². The number of carbonyl (C=O) groups is 1. The number of ether oxygens (including phenoxy) is 1. The number of carbonyl (C=O) groups excluding carboxylic acids is 1. The third-order valence-corrected chi connectivity index (χ3v) is 3.62. The first kappa shape index (κ1) is 12.5. The van der Waals surface area contributed by atoms with Gasteiger partial charge in [-0.3, -0.25) is 4.79 Å². The van der Waals surface area contributed by atoms with E-state index < -0.39 is 5.54 Å². The topological polar surface area (TPSA) is 52.3 Å². The van der Waals surface area contributed by atoms with Gasteiger partial charge in [0.1, 0.15) is 5.54 Å². The molecule has 2 N–H and O–H groups in total. The van der Waals surface area contributed by atoms with Gasteiger partial charge in [-0.1, -0.05) is 26.7 Å². The van der Waals surface area contributed by atoms with Crippen molar-refractivity contribution in [1.82, 2.24) is 0 Å². The Labute approximate surface area is 92.4 Å². The first-order chi connectivity index (χ1) is 7.00. The monoisotopic (exact) mass is 213 g/mol. The van der Waals surface area contributed by atoms with Gasteiger partial charge in [-0.05, 0) is 32.1 Å². The van der Waals surface area contributed by atoms with Crippen LogP contribution in [-0.4, -0.2) is 17.6 Å². The van der Waals surface area contributed by atoms with Gasteiger partial charge >= 0.3 is 5.97 Å². The summed E-state index contributed by atoms with van der Waals surface area (Å²) in [5.41, 5.74) is 5.44. The van der Waals surface area contributed by atoms with E-state index in [0.717, 1.165) is 25.7 Å². The predicted molar refractivity (Wildman–Crippen MR) is 60.4 cm³/mol. The van der Waals surface area contributed by atoms with Crippen LogP contribution in [0, 0.1) is 5.92 Å². The summed E-state index contributed by atoms with van der Waals surface area (Å²) >= 11 is 0. The Balaban J connectivity index is 2.62. The van der Waals surface area contributed by atoms with Crippen molar-refractivity contribution in [2.75, 3.05) is 0 Å². The lowest BCUT2D eigenvalue weighted by Crippen LogP contribution is -2.56. The molecule has 0 heterocycles. The molecule has 3 nitrogen and oxygen atoms in total. The molecule has 3 heteroatoms. The van der Waals surface area contributed by atoms with Crippen molar-refractivity contribution < 1.29 is 9.53 Å². The largest absolute Gasteiger partial charge is 0.461 e. The van der Waals surface area contributed by atoms with Crippen molar-refractivity contribution in [3.63, 3.8) is 0 Å². The van der Waals surface area contributed by atoms with E-state index in [0.29, 0.717) is 0 Å². The predicted octanol–water partition coefficient (Wildman–Crippen LogP) is 2.24. The van der Waals surface area contributed by atoms with Crippen molar-refractivity contribution in [1.29, 1.82) is 0 Å². The molecule has 3 unspecified atom stereocenters. The van der Waals surface area contributed by atoms with Crippen LogP contribution < -0.4 is 5.73 Å². The zero-order valence-corrected chi connectivity index (χ0v) is 10.1. The fourth-order valence-electron chi connectivity index (χ4n) is 2.05. The molecule has 1 rings (SSSR count). The second-order valence-electron chi connectivity index (χ2n) is 4.81. The van der Waals surface area contributed by atoms with Crippen molar-refractivity contribution >= 4 is 5.97 Å². The lowest BCUT2D eigenvalue weighted by Gasteiger charge is -2.37. The van der Waals surface area contributed by atoms with Gasteiger partial charge in [0.15, 0.2) is 0 Å². The van der Waals surface area contributed by atoms with Crippen LogP contribution in [0.1, 0.15) is 52.9 Å². The van der Waals surface area contributed by atoms with Crippen LogP contribution in [0.25, 0.3) is 0 Å². The number of hydrogen-bond acceptors (Lipinski definition) is 3. The molecule has 88 valence electrons. The van der Waals surface area contributed by atoms with Gasteiger partial charge in [0, 0.05) is 0 Å². The van der Waals surface area contributed by atoms with E-state index in [1.54, 1.807) is 0 Å². The van der Waals surface area contributed by atoms with Crippen LogP contribution in [0.15, 0.2) is 0 Å². The summed E-state index contributed by atoms with van der Waals surface area (Å²) in [6, 6.07) is 0. The molecule has 0 saturated heterocycles. The summed E-state index contributed by atoms with van der Waals surface area (Å²) in [6.45, 7) is 5.97. The molecular weight excluding hydrogens is 190 g/mol. The Morgan fingerprint density at radius 2 is 2.27 bits per heavy atom. The Bertz CT molecular complexity index is 230. The highest BCUT2D eigenvalue weighted by Crippen LogP contribution is 2.32. The van der Waals surface area contributed by atoms with Gasteiger partial charge in [-0.25, -0.2) is 0 Å². The van der Waals surface area contributed by atoms with Gasteiger partial charge in [0.05, 0.1) is 6.10 Å². The van der Waals surface area contributed by atoms with Crippen molar-refractivity contribution in [3.8, 4) is 0 Å². The molecule has 0 radical (unpaired) electrons. The summed E-state index contributed by atoms with van der Waals surface area (Å²) in [5.74, 6) is 0.0341. The zero-order valence-electron chi connectivity index (χ0n) is 10.1. The minimum atomic E-state index is -0.734. The van der Waals surface area contributed by atoms with Crippen molar-refractivity contribution in [2.45, 2.75) is 64.5 Å². The molecule has 3 atom stereocenters. The number of rotatable bonds is 3. The van der Waals surface area contributed by atoms with Gasteiger partial charge in [-0.2, -0.15) is 0 Å². The average Bonchev–Trinajstić information content (AvgIpc) is 2.22. The molecule has 1 saturated carbocycles. The summed E-state index contributed by atoms with van der Waals surface area (Å²) in [7, 11) is 0. The third kappa shape index (κ3) is 2.71. The summed E-state index contributed by atoms with van der Waals surface area (Å²) in [4.78, 5) is 12.0. The highest BCUT2D eigenvalue weighted by molar-refractivity contribution is 5.81. The fraction of sp³-hybridized carbons (Fsp3) is 0.917. The van der Waals surface area contributed by atoms with E-state index in [2.05, 4.69) is 6.92 Å². The van der Waals surface area contributed by atoms with E-state index in [1.807, 2.05) is 13.8 Å². The molecule has 0 amide bonds.